The highest BCUT2D eigenvalue weighted by Gasteiger charge is 2.17. The van der Waals surface area contributed by atoms with E-state index in [9.17, 15) is 4.79 Å². The minimum Gasteiger partial charge on any atom is -0.481 e. The van der Waals surface area contributed by atoms with E-state index >= 15 is 0 Å². The fourth-order valence-corrected chi connectivity index (χ4v) is 2.54. The summed E-state index contributed by atoms with van der Waals surface area (Å²) in [6.45, 7) is 6.75. The quantitative estimate of drug-likeness (QED) is 0.738. The molecule has 3 nitrogen and oxygen atoms in total. The van der Waals surface area contributed by atoms with Gasteiger partial charge in [-0.1, -0.05) is 43.3 Å². The first kappa shape index (κ1) is 18.1. The lowest BCUT2D eigenvalue weighted by atomic mass is 10.1. The van der Waals surface area contributed by atoms with Crippen molar-refractivity contribution in [3.63, 3.8) is 0 Å². The largest absolute Gasteiger partial charge is 0.481 e. The zero-order valence-electron chi connectivity index (χ0n) is 14.8. The molecule has 0 spiro atoms. The minimum absolute atomic E-state index is 0.0382. The van der Waals surface area contributed by atoms with Crippen LogP contribution >= 0.6 is 0 Å². The normalized spacial score (nSPS) is 11.8. The van der Waals surface area contributed by atoms with Crippen LogP contribution in [-0.2, 0) is 11.2 Å². The SMILES string of the molecule is CC[C@@H](Oc1ccc(C)c(C)c1)C(=O)NCCCc1ccccc1. The molecule has 1 amide bonds. The van der Waals surface area contributed by atoms with Crippen LogP contribution in [0.2, 0.25) is 0 Å². The third-order valence-corrected chi connectivity index (χ3v) is 4.20. The summed E-state index contributed by atoms with van der Waals surface area (Å²) in [6, 6.07) is 16.3. The van der Waals surface area contributed by atoms with Gasteiger partial charge in [0, 0.05) is 6.54 Å². The summed E-state index contributed by atoms with van der Waals surface area (Å²) in [7, 11) is 0. The van der Waals surface area contributed by atoms with Crippen molar-refractivity contribution in [2.24, 2.45) is 0 Å². The summed E-state index contributed by atoms with van der Waals surface area (Å²) in [5.41, 5.74) is 3.69. The molecule has 128 valence electrons. The standard InChI is InChI=1S/C21H27NO2/c1-4-20(24-19-13-12-16(2)17(3)15-19)21(23)22-14-8-11-18-9-6-5-7-10-18/h5-7,9-10,12-13,15,20H,4,8,11,14H2,1-3H3,(H,22,23)/t20-/m1/s1. The molecule has 0 heterocycles. The molecule has 24 heavy (non-hydrogen) atoms. The van der Waals surface area contributed by atoms with Gasteiger partial charge in [-0.3, -0.25) is 4.79 Å². The van der Waals surface area contributed by atoms with Crippen molar-refractivity contribution < 1.29 is 9.53 Å². The summed E-state index contributed by atoms with van der Waals surface area (Å²) in [5.74, 6) is 0.716. The molecule has 1 atom stereocenters. The minimum atomic E-state index is -0.441. The van der Waals surface area contributed by atoms with Crippen LogP contribution in [0, 0.1) is 13.8 Å². The number of ether oxygens (including phenoxy) is 1. The van der Waals surface area contributed by atoms with Crippen molar-refractivity contribution in [1.29, 1.82) is 0 Å². The first-order valence-corrected chi connectivity index (χ1v) is 8.65. The molecule has 0 saturated carbocycles. The maximum absolute atomic E-state index is 12.3. The Hall–Kier alpha value is -2.29. The third-order valence-electron chi connectivity index (χ3n) is 4.20. The molecule has 3 heteroatoms. The number of carbonyl (C=O) groups is 1. The van der Waals surface area contributed by atoms with Crippen LogP contribution in [0.15, 0.2) is 48.5 Å². The van der Waals surface area contributed by atoms with Gasteiger partial charge in [-0.2, -0.15) is 0 Å². The van der Waals surface area contributed by atoms with Crippen molar-refractivity contribution in [2.45, 2.75) is 46.1 Å². The number of hydrogen-bond donors (Lipinski definition) is 1. The topological polar surface area (TPSA) is 38.3 Å². The highest BCUT2D eigenvalue weighted by Crippen LogP contribution is 2.18. The second kappa shape index (κ2) is 9.11. The Kier molecular flexibility index (Phi) is 6.86. The lowest BCUT2D eigenvalue weighted by Gasteiger charge is -2.18. The summed E-state index contributed by atoms with van der Waals surface area (Å²) >= 11 is 0. The lowest BCUT2D eigenvalue weighted by Crippen LogP contribution is -2.38. The highest BCUT2D eigenvalue weighted by molar-refractivity contribution is 5.81. The molecule has 1 N–H and O–H groups in total. The van der Waals surface area contributed by atoms with Gasteiger partial charge in [0.05, 0.1) is 0 Å². The Morgan fingerprint density at radius 1 is 1.08 bits per heavy atom. The van der Waals surface area contributed by atoms with E-state index in [-0.39, 0.29) is 5.91 Å². The van der Waals surface area contributed by atoms with Crippen LogP contribution in [0.3, 0.4) is 0 Å². The summed E-state index contributed by atoms with van der Waals surface area (Å²) in [4.78, 5) is 12.3. The van der Waals surface area contributed by atoms with Gasteiger partial charge in [0.2, 0.25) is 0 Å². The van der Waals surface area contributed by atoms with Crippen LogP contribution in [0.25, 0.3) is 0 Å². The first-order valence-electron chi connectivity index (χ1n) is 8.65. The molecule has 0 unspecified atom stereocenters. The Morgan fingerprint density at radius 2 is 1.83 bits per heavy atom. The average Bonchev–Trinajstić information content (AvgIpc) is 2.60. The van der Waals surface area contributed by atoms with Crippen LogP contribution in [0.5, 0.6) is 5.75 Å². The summed E-state index contributed by atoms with van der Waals surface area (Å²) < 4.78 is 5.86. The molecular weight excluding hydrogens is 298 g/mol. The molecule has 0 bridgehead atoms. The second-order valence-electron chi connectivity index (χ2n) is 6.14. The van der Waals surface area contributed by atoms with E-state index in [0.29, 0.717) is 13.0 Å². The maximum Gasteiger partial charge on any atom is 0.261 e. The summed E-state index contributed by atoms with van der Waals surface area (Å²) in [6.07, 6.45) is 2.10. The third kappa shape index (κ3) is 5.41. The van der Waals surface area contributed by atoms with E-state index in [1.54, 1.807) is 0 Å². The Bertz CT molecular complexity index is 652. The Balaban J connectivity index is 1.79. The second-order valence-corrected chi connectivity index (χ2v) is 6.14. The first-order chi connectivity index (χ1) is 11.6. The fraction of sp³-hybridized carbons (Fsp3) is 0.381. The van der Waals surface area contributed by atoms with Gasteiger partial charge in [-0.15, -0.1) is 0 Å². The van der Waals surface area contributed by atoms with E-state index in [0.717, 1.165) is 18.6 Å². The van der Waals surface area contributed by atoms with Gasteiger partial charge in [-0.05, 0) is 61.9 Å². The zero-order chi connectivity index (χ0) is 17.4. The molecular formula is C21H27NO2. The maximum atomic E-state index is 12.3. The van der Waals surface area contributed by atoms with E-state index in [4.69, 9.17) is 4.74 Å². The number of amides is 1. The van der Waals surface area contributed by atoms with E-state index < -0.39 is 6.10 Å². The van der Waals surface area contributed by atoms with Gasteiger partial charge >= 0.3 is 0 Å². The molecule has 0 fully saturated rings. The molecule has 2 aromatic carbocycles. The monoisotopic (exact) mass is 325 g/mol. The molecule has 0 aliphatic heterocycles. The Morgan fingerprint density at radius 3 is 2.50 bits per heavy atom. The molecule has 0 aliphatic rings. The van der Waals surface area contributed by atoms with Crippen LogP contribution in [0.1, 0.15) is 36.5 Å². The van der Waals surface area contributed by atoms with Crippen molar-refractivity contribution in [3.8, 4) is 5.75 Å². The predicted octanol–water partition coefficient (Wildman–Crippen LogP) is 4.21. The van der Waals surface area contributed by atoms with E-state index in [1.165, 1.54) is 16.7 Å². The van der Waals surface area contributed by atoms with Gasteiger partial charge < -0.3 is 10.1 Å². The van der Waals surface area contributed by atoms with Crippen molar-refractivity contribution in [3.05, 3.63) is 65.2 Å². The van der Waals surface area contributed by atoms with E-state index in [1.807, 2.05) is 50.2 Å². The van der Waals surface area contributed by atoms with Crippen molar-refractivity contribution in [1.82, 2.24) is 5.32 Å². The average molecular weight is 325 g/mol. The number of benzene rings is 2. The number of nitrogens with one attached hydrogen (secondary N) is 1. The smallest absolute Gasteiger partial charge is 0.261 e. The van der Waals surface area contributed by atoms with Crippen LogP contribution in [0.4, 0.5) is 0 Å². The van der Waals surface area contributed by atoms with Gasteiger partial charge in [0.25, 0.3) is 5.91 Å². The predicted molar refractivity (Wildman–Crippen MR) is 98.4 cm³/mol. The lowest BCUT2D eigenvalue weighted by molar-refractivity contribution is -0.128. The number of rotatable bonds is 8. The van der Waals surface area contributed by atoms with Crippen molar-refractivity contribution >= 4 is 5.91 Å². The van der Waals surface area contributed by atoms with Gasteiger partial charge in [0.15, 0.2) is 6.10 Å². The number of aryl methyl sites for hydroxylation is 3. The molecule has 0 saturated heterocycles. The van der Waals surface area contributed by atoms with Gasteiger partial charge in [-0.25, -0.2) is 0 Å². The Labute approximate surface area is 145 Å². The van der Waals surface area contributed by atoms with Crippen LogP contribution in [-0.4, -0.2) is 18.6 Å². The van der Waals surface area contributed by atoms with Crippen molar-refractivity contribution in [2.75, 3.05) is 6.54 Å². The molecule has 0 aromatic heterocycles. The highest BCUT2D eigenvalue weighted by atomic mass is 16.5. The zero-order valence-corrected chi connectivity index (χ0v) is 14.8. The number of carbonyl (C=O) groups excluding carboxylic acids is 1. The fourth-order valence-electron chi connectivity index (χ4n) is 2.54. The van der Waals surface area contributed by atoms with Crippen LogP contribution < -0.4 is 10.1 Å². The summed E-state index contributed by atoms with van der Waals surface area (Å²) in [5, 5.41) is 2.99. The van der Waals surface area contributed by atoms with Gasteiger partial charge in [0.1, 0.15) is 5.75 Å². The number of hydrogen-bond acceptors (Lipinski definition) is 2. The molecule has 0 aliphatic carbocycles. The molecule has 2 rings (SSSR count). The van der Waals surface area contributed by atoms with E-state index in [2.05, 4.69) is 24.4 Å². The molecule has 0 radical (unpaired) electrons. The molecule has 2 aromatic rings.